The summed E-state index contributed by atoms with van der Waals surface area (Å²) >= 11 is 0. The van der Waals surface area contributed by atoms with Gasteiger partial charge >= 0.3 is 0 Å². The lowest BCUT2D eigenvalue weighted by Crippen LogP contribution is -2.13. The molecular weight excluding hydrogens is 418 g/mol. The van der Waals surface area contributed by atoms with Crippen molar-refractivity contribution >= 4 is 11.6 Å². The van der Waals surface area contributed by atoms with Crippen LogP contribution >= 0.6 is 0 Å². The number of benzene rings is 3. The molecule has 6 nitrogen and oxygen atoms in total. The van der Waals surface area contributed by atoms with Gasteiger partial charge in [0.15, 0.2) is 11.5 Å². The molecule has 0 saturated heterocycles. The molecule has 0 aliphatic rings. The molecule has 6 heteroatoms. The predicted octanol–water partition coefficient (Wildman–Crippen LogP) is 5.86. The van der Waals surface area contributed by atoms with Crippen LogP contribution in [0.25, 0.3) is 0 Å². The molecular formula is C27H31NO5. The minimum atomic E-state index is -0.242. The van der Waals surface area contributed by atoms with Gasteiger partial charge in [-0.15, -0.1) is 0 Å². The van der Waals surface area contributed by atoms with Crippen LogP contribution in [0.15, 0.2) is 48.5 Å². The van der Waals surface area contributed by atoms with E-state index in [0.717, 1.165) is 22.4 Å². The molecule has 0 heterocycles. The summed E-state index contributed by atoms with van der Waals surface area (Å²) in [6, 6.07) is 14.7. The standard InChI is InChI=1S/C27H31NO5/c1-7-32-23-10-8-20(27(29)28-22-9-11-24(30-5)26(15-22)31-6)14-21(23)16-33-25-13-17(2)12-18(3)19(25)4/h8-15H,7,16H2,1-6H3,(H,28,29). The number of rotatable bonds is 9. The van der Waals surface area contributed by atoms with Crippen molar-refractivity contribution in [3.63, 3.8) is 0 Å². The first-order chi connectivity index (χ1) is 15.9. The number of methoxy groups -OCH3 is 2. The fraction of sp³-hybridized carbons (Fsp3) is 0.296. The van der Waals surface area contributed by atoms with E-state index in [1.54, 1.807) is 50.6 Å². The highest BCUT2D eigenvalue weighted by Crippen LogP contribution is 2.31. The zero-order valence-corrected chi connectivity index (χ0v) is 20.1. The topological polar surface area (TPSA) is 66.0 Å². The van der Waals surface area contributed by atoms with E-state index in [-0.39, 0.29) is 12.5 Å². The molecule has 3 aromatic carbocycles. The van der Waals surface area contributed by atoms with Gasteiger partial charge in [-0.05, 0) is 80.8 Å². The molecule has 3 rings (SSSR count). The maximum atomic E-state index is 12.9. The minimum absolute atomic E-state index is 0.242. The van der Waals surface area contributed by atoms with Crippen LogP contribution in [-0.4, -0.2) is 26.7 Å². The normalized spacial score (nSPS) is 10.5. The molecule has 0 fully saturated rings. The zero-order valence-electron chi connectivity index (χ0n) is 20.1. The Morgan fingerprint density at radius 3 is 2.24 bits per heavy atom. The molecule has 3 aromatic rings. The molecule has 0 unspecified atom stereocenters. The van der Waals surface area contributed by atoms with Crippen LogP contribution in [0, 0.1) is 20.8 Å². The highest BCUT2D eigenvalue weighted by Gasteiger charge is 2.14. The number of aryl methyl sites for hydroxylation is 2. The predicted molar refractivity (Wildman–Crippen MR) is 130 cm³/mol. The average Bonchev–Trinajstić information content (AvgIpc) is 2.81. The van der Waals surface area contributed by atoms with E-state index < -0.39 is 0 Å². The van der Waals surface area contributed by atoms with Crippen LogP contribution in [0.3, 0.4) is 0 Å². The summed E-state index contributed by atoms with van der Waals surface area (Å²) < 4.78 is 22.5. The van der Waals surface area contributed by atoms with Crippen LogP contribution < -0.4 is 24.3 Å². The summed E-state index contributed by atoms with van der Waals surface area (Å²) in [6.45, 7) is 8.89. The van der Waals surface area contributed by atoms with E-state index in [0.29, 0.717) is 35.1 Å². The minimum Gasteiger partial charge on any atom is -0.493 e. The number of anilines is 1. The second-order valence-corrected chi connectivity index (χ2v) is 7.77. The Bertz CT molecular complexity index is 1140. The lowest BCUT2D eigenvalue weighted by Gasteiger charge is -2.16. The molecule has 0 aromatic heterocycles. The molecule has 0 saturated carbocycles. The third-order valence-electron chi connectivity index (χ3n) is 5.41. The second kappa shape index (κ2) is 10.8. The van der Waals surface area contributed by atoms with Gasteiger partial charge in [0, 0.05) is 22.9 Å². The van der Waals surface area contributed by atoms with Gasteiger partial charge in [-0.2, -0.15) is 0 Å². The Morgan fingerprint density at radius 2 is 1.55 bits per heavy atom. The fourth-order valence-corrected chi connectivity index (χ4v) is 3.55. The monoisotopic (exact) mass is 449 g/mol. The SMILES string of the molecule is CCOc1ccc(C(=O)Nc2ccc(OC)c(OC)c2)cc1COc1cc(C)cc(C)c1C. The highest BCUT2D eigenvalue weighted by atomic mass is 16.5. The largest absolute Gasteiger partial charge is 0.493 e. The molecule has 33 heavy (non-hydrogen) atoms. The fourth-order valence-electron chi connectivity index (χ4n) is 3.55. The molecule has 0 spiro atoms. The zero-order chi connectivity index (χ0) is 24.0. The van der Waals surface area contributed by atoms with E-state index in [4.69, 9.17) is 18.9 Å². The van der Waals surface area contributed by atoms with Crippen molar-refractivity contribution in [2.45, 2.75) is 34.3 Å². The van der Waals surface area contributed by atoms with Gasteiger partial charge in [-0.3, -0.25) is 4.79 Å². The molecule has 1 amide bonds. The van der Waals surface area contributed by atoms with Crippen molar-refractivity contribution in [1.29, 1.82) is 0 Å². The summed E-state index contributed by atoms with van der Waals surface area (Å²) in [5.41, 5.74) is 5.33. The lowest BCUT2D eigenvalue weighted by atomic mass is 10.1. The average molecular weight is 450 g/mol. The molecule has 0 bridgehead atoms. The molecule has 0 atom stereocenters. The van der Waals surface area contributed by atoms with Gasteiger partial charge in [0.25, 0.3) is 5.91 Å². The Hall–Kier alpha value is -3.67. The highest BCUT2D eigenvalue weighted by molar-refractivity contribution is 6.04. The van der Waals surface area contributed by atoms with Gasteiger partial charge in [0.2, 0.25) is 0 Å². The first-order valence-corrected chi connectivity index (χ1v) is 10.9. The smallest absolute Gasteiger partial charge is 0.255 e. The number of carbonyl (C=O) groups is 1. The van der Waals surface area contributed by atoms with Gasteiger partial charge < -0.3 is 24.3 Å². The lowest BCUT2D eigenvalue weighted by molar-refractivity contribution is 0.102. The van der Waals surface area contributed by atoms with Crippen molar-refractivity contribution in [3.05, 3.63) is 76.3 Å². The van der Waals surface area contributed by atoms with E-state index in [1.807, 2.05) is 26.8 Å². The van der Waals surface area contributed by atoms with Gasteiger partial charge in [0.1, 0.15) is 18.1 Å². The Labute approximate surface area is 195 Å². The van der Waals surface area contributed by atoms with Crippen LogP contribution in [0.2, 0.25) is 0 Å². The third-order valence-corrected chi connectivity index (χ3v) is 5.41. The van der Waals surface area contributed by atoms with Gasteiger partial charge in [-0.1, -0.05) is 6.07 Å². The van der Waals surface area contributed by atoms with Crippen molar-refractivity contribution in [1.82, 2.24) is 0 Å². The Kier molecular flexibility index (Phi) is 7.83. The van der Waals surface area contributed by atoms with E-state index in [1.165, 1.54) is 5.56 Å². The van der Waals surface area contributed by atoms with Gasteiger partial charge in [-0.25, -0.2) is 0 Å². The van der Waals surface area contributed by atoms with Crippen molar-refractivity contribution in [2.24, 2.45) is 0 Å². The summed E-state index contributed by atoms with van der Waals surface area (Å²) in [5.74, 6) is 2.42. The van der Waals surface area contributed by atoms with Crippen molar-refractivity contribution in [3.8, 4) is 23.0 Å². The number of carbonyl (C=O) groups excluding carboxylic acids is 1. The van der Waals surface area contributed by atoms with E-state index in [9.17, 15) is 4.79 Å². The van der Waals surface area contributed by atoms with Crippen molar-refractivity contribution in [2.75, 3.05) is 26.1 Å². The summed E-state index contributed by atoms with van der Waals surface area (Å²) in [5, 5.41) is 2.90. The van der Waals surface area contributed by atoms with E-state index >= 15 is 0 Å². The Morgan fingerprint density at radius 1 is 0.818 bits per heavy atom. The van der Waals surface area contributed by atoms with Crippen molar-refractivity contribution < 1.29 is 23.7 Å². The summed E-state index contributed by atoms with van der Waals surface area (Å²) in [7, 11) is 3.12. The quantitative estimate of drug-likeness (QED) is 0.443. The number of amides is 1. The first kappa shape index (κ1) is 24.0. The number of hydrogen-bond acceptors (Lipinski definition) is 5. The maximum absolute atomic E-state index is 12.9. The molecule has 0 radical (unpaired) electrons. The summed E-state index contributed by atoms with van der Waals surface area (Å²) in [6.07, 6.45) is 0. The first-order valence-electron chi connectivity index (χ1n) is 10.9. The van der Waals surface area contributed by atoms with Crippen LogP contribution in [0.4, 0.5) is 5.69 Å². The molecule has 0 aliphatic heterocycles. The second-order valence-electron chi connectivity index (χ2n) is 7.77. The number of nitrogens with one attached hydrogen (secondary N) is 1. The molecule has 174 valence electrons. The molecule has 1 N–H and O–H groups in total. The van der Waals surface area contributed by atoms with Crippen LogP contribution in [0.5, 0.6) is 23.0 Å². The third kappa shape index (κ3) is 5.77. The number of ether oxygens (including phenoxy) is 4. The van der Waals surface area contributed by atoms with E-state index in [2.05, 4.69) is 18.3 Å². The van der Waals surface area contributed by atoms with Crippen LogP contribution in [0.1, 0.15) is 39.5 Å². The molecule has 0 aliphatic carbocycles. The number of hydrogen-bond donors (Lipinski definition) is 1. The summed E-state index contributed by atoms with van der Waals surface area (Å²) in [4.78, 5) is 12.9. The Balaban J connectivity index is 1.83. The van der Waals surface area contributed by atoms with Crippen LogP contribution in [-0.2, 0) is 6.61 Å². The van der Waals surface area contributed by atoms with Gasteiger partial charge in [0.05, 0.1) is 20.8 Å². The maximum Gasteiger partial charge on any atom is 0.255 e.